The molecule has 0 bridgehead atoms. The highest BCUT2D eigenvalue weighted by Crippen LogP contribution is 2.40. The molecule has 2 amide bonds. The molecule has 5 rings (SSSR count). The smallest absolute Gasteiger partial charge is 0.267 e. The van der Waals surface area contributed by atoms with E-state index in [4.69, 9.17) is 14.2 Å². The van der Waals surface area contributed by atoms with Crippen LogP contribution in [0.3, 0.4) is 0 Å². The molecule has 7 nitrogen and oxygen atoms in total. The Labute approximate surface area is 181 Å². The van der Waals surface area contributed by atoms with Gasteiger partial charge < -0.3 is 24.0 Å². The van der Waals surface area contributed by atoms with Crippen LogP contribution in [0.15, 0.2) is 42.5 Å². The van der Waals surface area contributed by atoms with Crippen molar-refractivity contribution >= 4 is 11.8 Å². The van der Waals surface area contributed by atoms with Crippen molar-refractivity contribution in [2.45, 2.75) is 32.0 Å². The zero-order valence-corrected chi connectivity index (χ0v) is 17.7. The Bertz CT molecular complexity index is 1010. The Kier molecular flexibility index (Phi) is 4.96. The molecule has 0 aromatic heterocycles. The Hall–Kier alpha value is -3.22. The number of piperazine rings is 1. The van der Waals surface area contributed by atoms with Crippen molar-refractivity contribution in [1.82, 2.24) is 9.80 Å². The van der Waals surface area contributed by atoms with Gasteiger partial charge in [-0.1, -0.05) is 31.2 Å². The van der Waals surface area contributed by atoms with Gasteiger partial charge in [-0.05, 0) is 25.1 Å². The fourth-order valence-corrected chi connectivity index (χ4v) is 4.40. The van der Waals surface area contributed by atoms with Crippen LogP contribution in [0.25, 0.3) is 0 Å². The molecule has 1 saturated heterocycles. The lowest BCUT2D eigenvalue weighted by atomic mass is 9.96. The summed E-state index contributed by atoms with van der Waals surface area (Å²) >= 11 is 0. The largest absolute Gasteiger partial charge is 0.489 e. The van der Waals surface area contributed by atoms with Gasteiger partial charge in [-0.15, -0.1) is 0 Å². The van der Waals surface area contributed by atoms with Crippen LogP contribution in [0.2, 0.25) is 0 Å². The maximum atomic E-state index is 13.2. The van der Waals surface area contributed by atoms with Crippen molar-refractivity contribution in [1.29, 1.82) is 0 Å². The van der Waals surface area contributed by atoms with Gasteiger partial charge in [0.2, 0.25) is 6.10 Å². The Balaban J connectivity index is 1.23. The minimum atomic E-state index is -0.661. The monoisotopic (exact) mass is 422 g/mol. The molecule has 7 heteroatoms. The average molecular weight is 422 g/mol. The first-order chi connectivity index (χ1) is 15.0. The van der Waals surface area contributed by atoms with Gasteiger partial charge in [0, 0.05) is 37.7 Å². The Morgan fingerprint density at radius 2 is 1.58 bits per heavy atom. The summed E-state index contributed by atoms with van der Waals surface area (Å²) < 4.78 is 17.5. The Morgan fingerprint density at radius 3 is 2.35 bits per heavy atom. The van der Waals surface area contributed by atoms with E-state index in [0.717, 1.165) is 5.56 Å². The molecule has 2 aromatic rings. The second kappa shape index (κ2) is 7.80. The summed E-state index contributed by atoms with van der Waals surface area (Å²) in [6.07, 6.45) is -0.604. The van der Waals surface area contributed by atoms with Crippen LogP contribution in [-0.2, 0) is 4.79 Å². The second-order valence-electron chi connectivity index (χ2n) is 8.32. The van der Waals surface area contributed by atoms with Crippen molar-refractivity contribution in [3.63, 3.8) is 0 Å². The SMILES string of the molecule is C[C@@H]1Oc2c(C(=O)N3CCN(C(=O)[C@H]4COc5ccccc5O4)CC3)cccc2[C@@H]1C. The number of carbonyl (C=O) groups is 2. The average Bonchev–Trinajstić information content (AvgIpc) is 3.11. The first-order valence-electron chi connectivity index (χ1n) is 10.8. The molecule has 3 aliphatic rings. The van der Waals surface area contributed by atoms with Crippen molar-refractivity contribution in [3.8, 4) is 17.2 Å². The molecular weight excluding hydrogens is 396 g/mol. The molecule has 3 aliphatic heterocycles. The lowest BCUT2D eigenvalue weighted by Crippen LogP contribution is -2.55. The topological polar surface area (TPSA) is 68.3 Å². The third-order valence-electron chi connectivity index (χ3n) is 6.44. The molecule has 0 spiro atoms. The van der Waals surface area contributed by atoms with Gasteiger partial charge in [0.25, 0.3) is 11.8 Å². The molecule has 162 valence electrons. The number of amides is 2. The van der Waals surface area contributed by atoms with E-state index in [1.54, 1.807) is 15.9 Å². The minimum Gasteiger partial charge on any atom is -0.489 e. The van der Waals surface area contributed by atoms with E-state index in [9.17, 15) is 9.59 Å². The number of hydrogen-bond acceptors (Lipinski definition) is 5. The molecule has 3 heterocycles. The first-order valence-corrected chi connectivity index (χ1v) is 10.8. The fourth-order valence-electron chi connectivity index (χ4n) is 4.40. The molecule has 0 unspecified atom stereocenters. The number of carbonyl (C=O) groups excluding carboxylic acids is 2. The summed E-state index contributed by atoms with van der Waals surface area (Å²) in [7, 11) is 0. The summed E-state index contributed by atoms with van der Waals surface area (Å²) in [4.78, 5) is 29.7. The molecule has 2 aromatic carbocycles. The molecule has 0 radical (unpaired) electrons. The number of rotatable bonds is 2. The predicted octanol–water partition coefficient (Wildman–Crippen LogP) is 2.70. The molecule has 0 N–H and O–H groups in total. The molecule has 0 aliphatic carbocycles. The van der Waals surface area contributed by atoms with Gasteiger partial charge >= 0.3 is 0 Å². The van der Waals surface area contributed by atoms with Crippen molar-refractivity contribution in [3.05, 3.63) is 53.6 Å². The normalized spacial score (nSPS) is 24.4. The predicted molar refractivity (Wildman–Crippen MR) is 114 cm³/mol. The van der Waals surface area contributed by atoms with Crippen LogP contribution in [0, 0.1) is 0 Å². The molecule has 1 fully saturated rings. The van der Waals surface area contributed by atoms with E-state index in [1.807, 2.05) is 43.3 Å². The lowest BCUT2D eigenvalue weighted by Gasteiger charge is -2.37. The highest BCUT2D eigenvalue weighted by Gasteiger charge is 2.36. The summed E-state index contributed by atoms with van der Waals surface area (Å²) in [6, 6.07) is 13.1. The van der Waals surface area contributed by atoms with E-state index >= 15 is 0 Å². The summed E-state index contributed by atoms with van der Waals surface area (Å²) in [6.45, 7) is 6.22. The van der Waals surface area contributed by atoms with Crippen molar-refractivity contribution < 1.29 is 23.8 Å². The number of ether oxygens (including phenoxy) is 3. The zero-order chi connectivity index (χ0) is 21.5. The summed E-state index contributed by atoms with van der Waals surface area (Å²) in [5, 5.41) is 0. The number of nitrogens with zero attached hydrogens (tertiary/aromatic N) is 2. The van der Waals surface area contributed by atoms with Crippen LogP contribution in [0.4, 0.5) is 0 Å². The molecule has 3 atom stereocenters. The first kappa shape index (κ1) is 19.7. The van der Waals surface area contributed by atoms with Crippen molar-refractivity contribution in [2.75, 3.05) is 32.8 Å². The maximum absolute atomic E-state index is 13.2. The van der Waals surface area contributed by atoms with Gasteiger partial charge in [0.05, 0.1) is 5.56 Å². The van der Waals surface area contributed by atoms with Crippen LogP contribution in [0.5, 0.6) is 17.2 Å². The highest BCUT2D eigenvalue weighted by molar-refractivity contribution is 5.98. The van der Waals surface area contributed by atoms with Gasteiger partial charge in [-0.2, -0.15) is 0 Å². The number of benzene rings is 2. The standard InChI is InChI=1S/C24H26N2O5/c1-15-16(2)30-22-17(15)6-5-7-18(22)23(27)25-10-12-26(13-11-25)24(28)21-14-29-19-8-3-4-9-20(19)31-21/h3-9,15-16,21H,10-14H2,1-2H3/t15-,16+,21-/m1/s1. The third kappa shape index (κ3) is 3.48. The Morgan fingerprint density at radius 1 is 0.871 bits per heavy atom. The maximum Gasteiger partial charge on any atom is 0.267 e. The number of para-hydroxylation sites is 3. The fraction of sp³-hybridized carbons (Fsp3) is 0.417. The molecule has 31 heavy (non-hydrogen) atoms. The molecular formula is C24H26N2O5. The third-order valence-corrected chi connectivity index (χ3v) is 6.44. The number of fused-ring (bicyclic) bond motifs is 2. The highest BCUT2D eigenvalue weighted by atomic mass is 16.6. The van der Waals surface area contributed by atoms with E-state index in [0.29, 0.717) is 49.0 Å². The van der Waals surface area contributed by atoms with Crippen LogP contribution < -0.4 is 14.2 Å². The quantitative estimate of drug-likeness (QED) is 0.745. The van der Waals surface area contributed by atoms with Gasteiger partial charge in [0.15, 0.2) is 11.5 Å². The lowest BCUT2D eigenvalue weighted by molar-refractivity contribution is -0.142. The van der Waals surface area contributed by atoms with E-state index < -0.39 is 6.10 Å². The van der Waals surface area contributed by atoms with Gasteiger partial charge in [-0.25, -0.2) is 0 Å². The number of hydrogen-bond donors (Lipinski definition) is 0. The van der Waals surface area contributed by atoms with E-state index in [-0.39, 0.29) is 30.4 Å². The van der Waals surface area contributed by atoms with E-state index in [2.05, 4.69) is 6.92 Å². The molecule has 0 saturated carbocycles. The summed E-state index contributed by atoms with van der Waals surface area (Å²) in [5.74, 6) is 2.06. The van der Waals surface area contributed by atoms with Crippen molar-refractivity contribution in [2.24, 2.45) is 0 Å². The van der Waals surface area contributed by atoms with Crippen LogP contribution >= 0.6 is 0 Å². The zero-order valence-electron chi connectivity index (χ0n) is 17.7. The van der Waals surface area contributed by atoms with Crippen LogP contribution in [0.1, 0.15) is 35.7 Å². The second-order valence-corrected chi connectivity index (χ2v) is 8.32. The van der Waals surface area contributed by atoms with Gasteiger partial charge in [-0.3, -0.25) is 9.59 Å². The summed E-state index contributed by atoms with van der Waals surface area (Å²) in [5.41, 5.74) is 1.69. The van der Waals surface area contributed by atoms with Gasteiger partial charge in [0.1, 0.15) is 18.5 Å². The minimum absolute atomic E-state index is 0.0450. The van der Waals surface area contributed by atoms with E-state index in [1.165, 1.54) is 0 Å². The van der Waals surface area contributed by atoms with Crippen LogP contribution in [-0.4, -0.2) is 66.6 Å².